The zero-order valence-corrected chi connectivity index (χ0v) is 15.0. The average Bonchev–Trinajstić information content (AvgIpc) is 3.31. The number of anilines is 1. The summed E-state index contributed by atoms with van der Waals surface area (Å²) in [5.74, 6) is 1.18. The number of hydrogen-bond acceptors (Lipinski definition) is 9. The van der Waals surface area contributed by atoms with Crippen LogP contribution in [-0.4, -0.2) is 51.1 Å². The van der Waals surface area contributed by atoms with E-state index in [0.29, 0.717) is 27.5 Å². The second kappa shape index (κ2) is 7.94. The van der Waals surface area contributed by atoms with Crippen molar-refractivity contribution in [2.75, 3.05) is 25.3 Å². The van der Waals surface area contributed by atoms with Gasteiger partial charge in [0, 0.05) is 17.6 Å². The number of methoxy groups -OCH3 is 2. The van der Waals surface area contributed by atoms with Gasteiger partial charge in [-0.05, 0) is 22.6 Å². The van der Waals surface area contributed by atoms with Gasteiger partial charge < -0.3 is 14.8 Å². The Hall–Kier alpha value is -2.66. The van der Waals surface area contributed by atoms with Crippen molar-refractivity contribution in [2.45, 2.75) is 5.16 Å². The Kier molecular flexibility index (Phi) is 5.46. The molecule has 3 rings (SSSR count). The van der Waals surface area contributed by atoms with E-state index in [1.807, 2.05) is 0 Å². The number of rotatable bonds is 7. The third kappa shape index (κ3) is 4.06. The smallest absolute Gasteiger partial charge is 0.236 e. The van der Waals surface area contributed by atoms with Gasteiger partial charge in [-0.2, -0.15) is 4.68 Å². The van der Waals surface area contributed by atoms with Gasteiger partial charge >= 0.3 is 0 Å². The predicted octanol–water partition coefficient (Wildman–Crippen LogP) is 1.87. The second-order valence-electron chi connectivity index (χ2n) is 4.59. The Bertz CT molecular complexity index is 852. The van der Waals surface area contributed by atoms with Crippen molar-refractivity contribution < 1.29 is 14.3 Å². The number of hydrogen-bond donors (Lipinski definition) is 1. The molecule has 1 amide bonds. The summed E-state index contributed by atoms with van der Waals surface area (Å²) in [6.45, 7) is 0. The quantitative estimate of drug-likeness (QED) is 0.621. The van der Waals surface area contributed by atoms with E-state index in [-0.39, 0.29) is 11.7 Å². The minimum atomic E-state index is -0.188. The Morgan fingerprint density at radius 1 is 1.36 bits per heavy atom. The number of thiazole rings is 1. The summed E-state index contributed by atoms with van der Waals surface area (Å²) < 4.78 is 12.1. The van der Waals surface area contributed by atoms with Crippen molar-refractivity contribution in [3.8, 4) is 17.2 Å². The van der Waals surface area contributed by atoms with E-state index in [1.165, 1.54) is 27.8 Å². The number of benzene rings is 1. The first-order chi connectivity index (χ1) is 12.2. The average molecular weight is 378 g/mol. The van der Waals surface area contributed by atoms with Crippen LogP contribution in [0.2, 0.25) is 0 Å². The predicted molar refractivity (Wildman–Crippen MR) is 93.7 cm³/mol. The monoisotopic (exact) mass is 378 g/mol. The van der Waals surface area contributed by atoms with Gasteiger partial charge in [-0.3, -0.25) is 4.79 Å². The lowest BCUT2D eigenvalue weighted by atomic mass is 10.3. The minimum absolute atomic E-state index is 0.145. The fourth-order valence-corrected chi connectivity index (χ4v) is 3.18. The highest BCUT2D eigenvalue weighted by atomic mass is 32.2. The van der Waals surface area contributed by atoms with Crippen LogP contribution < -0.4 is 14.8 Å². The number of thioether (sulfide) groups is 1. The van der Waals surface area contributed by atoms with E-state index in [0.717, 1.165) is 0 Å². The first kappa shape index (κ1) is 17.2. The number of tetrazole rings is 1. The number of aromatic nitrogens is 5. The second-order valence-corrected chi connectivity index (χ2v) is 6.42. The molecule has 0 aliphatic heterocycles. The molecule has 0 atom stereocenters. The van der Waals surface area contributed by atoms with Crippen LogP contribution in [0, 0.1) is 0 Å². The molecule has 9 nitrogen and oxygen atoms in total. The summed E-state index contributed by atoms with van der Waals surface area (Å²) in [7, 11) is 3.13. The van der Waals surface area contributed by atoms with Gasteiger partial charge in [0.2, 0.25) is 11.1 Å². The largest absolute Gasteiger partial charge is 0.497 e. The molecular weight excluding hydrogens is 364 g/mol. The van der Waals surface area contributed by atoms with Crippen molar-refractivity contribution in [2.24, 2.45) is 0 Å². The molecule has 1 aromatic carbocycles. The minimum Gasteiger partial charge on any atom is -0.497 e. The molecule has 25 heavy (non-hydrogen) atoms. The van der Waals surface area contributed by atoms with E-state index in [2.05, 4.69) is 25.8 Å². The van der Waals surface area contributed by atoms with Crippen molar-refractivity contribution in [1.82, 2.24) is 25.2 Å². The Morgan fingerprint density at radius 2 is 2.24 bits per heavy atom. The Labute approximate surface area is 151 Å². The zero-order chi connectivity index (χ0) is 17.6. The Morgan fingerprint density at radius 3 is 2.96 bits per heavy atom. The zero-order valence-electron chi connectivity index (χ0n) is 13.4. The van der Waals surface area contributed by atoms with E-state index in [4.69, 9.17) is 9.47 Å². The summed E-state index contributed by atoms with van der Waals surface area (Å²) in [5, 5.41) is 17.1. The summed E-state index contributed by atoms with van der Waals surface area (Å²) in [6, 6.07) is 5.30. The first-order valence-corrected chi connectivity index (χ1v) is 8.90. The molecule has 0 fully saturated rings. The van der Waals surface area contributed by atoms with Gasteiger partial charge in [-0.25, -0.2) is 4.98 Å². The maximum Gasteiger partial charge on any atom is 0.236 e. The standard InChI is InChI=1S/C14H14N6O3S2/c1-22-9-3-4-11(23-2)10(7-9)20-14(17-18-19-20)25-8-12(21)16-13-15-5-6-24-13/h3-7H,8H2,1-2H3,(H,15,16,21). The molecule has 2 aromatic heterocycles. The van der Waals surface area contributed by atoms with Crippen LogP contribution in [0.15, 0.2) is 34.9 Å². The molecule has 0 bridgehead atoms. The van der Waals surface area contributed by atoms with Gasteiger partial charge in [0.05, 0.1) is 20.0 Å². The molecule has 11 heteroatoms. The number of amides is 1. The number of carbonyl (C=O) groups excluding carboxylic acids is 1. The summed E-state index contributed by atoms with van der Waals surface area (Å²) in [4.78, 5) is 16.0. The van der Waals surface area contributed by atoms with Crippen molar-refractivity contribution >= 4 is 34.1 Å². The van der Waals surface area contributed by atoms with Crippen LogP contribution >= 0.6 is 23.1 Å². The lowest BCUT2D eigenvalue weighted by Gasteiger charge is -2.11. The van der Waals surface area contributed by atoms with Gasteiger partial charge in [0.25, 0.3) is 0 Å². The lowest BCUT2D eigenvalue weighted by Crippen LogP contribution is -2.14. The van der Waals surface area contributed by atoms with Gasteiger partial charge in [-0.15, -0.1) is 16.4 Å². The molecule has 0 saturated carbocycles. The first-order valence-electron chi connectivity index (χ1n) is 7.04. The topological polar surface area (TPSA) is 104 Å². The maximum absolute atomic E-state index is 12.0. The molecule has 0 spiro atoms. The molecule has 0 aliphatic carbocycles. The van der Waals surface area contributed by atoms with E-state index < -0.39 is 0 Å². The summed E-state index contributed by atoms with van der Waals surface area (Å²) >= 11 is 2.56. The third-order valence-electron chi connectivity index (χ3n) is 3.07. The molecule has 3 aromatic rings. The molecule has 0 radical (unpaired) electrons. The number of nitrogens with zero attached hydrogens (tertiary/aromatic N) is 5. The fraction of sp³-hybridized carbons (Fsp3) is 0.214. The number of ether oxygens (including phenoxy) is 2. The number of carbonyl (C=O) groups is 1. The highest BCUT2D eigenvalue weighted by Crippen LogP contribution is 2.29. The lowest BCUT2D eigenvalue weighted by molar-refractivity contribution is -0.113. The van der Waals surface area contributed by atoms with Gasteiger partial charge in [0.1, 0.15) is 17.2 Å². The van der Waals surface area contributed by atoms with E-state index in [1.54, 1.807) is 44.0 Å². The van der Waals surface area contributed by atoms with Crippen molar-refractivity contribution in [3.05, 3.63) is 29.8 Å². The highest BCUT2D eigenvalue weighted by molar-refractivity contribution is 7.99. The van der Waals surface area contributed by atoms with Crippen molar-refractivity contribution in [1.29, 1.82) is 0 Å². The van der Waals surface area contributed by atoms with Crippen molar-refractivity contribution in [3.63, 3.8) is 0 Å². The van der Waals surface area contributed by atoms with E-state index in [9.17, 15) is 4.79 Å². The summed E-state index contributed by atoms with van der Waals surface area (Å²) in [6.07, 6.45) is 1.63. The summed E-state index contributed by atoms with van der Waals surface area (Å²) in [5.41, 5.74) is 0.620. The van der Waals surface area contributed by atoms with Crippen LogP contribution in [0.4, 0.5) is 5.13 Å². The fourth-order valence-electron chi connectivity index (χ4n) is 1.95. The molecule has 0 unspecified atom stereocenters. The Balaban J connectivity index is 1.75. The van der Waals surface area contributed by atoms with Crippen LogP contribution in [0.3, 0.4) is 0 Å². The SMILES string of the molecule is COc1ccc(OC)c(-n2nnnc2SCC(=O)Nc2nccs2)c1. The molecule has 130 valence electrons. The van der Waals surface area contributed by atoms with Crippen LogP contribution in [0.5, 0.6) is 11.5 Å². The van der Waals surface area contributed by atoms with Gasteiger partial charge in [-0.1, -0.05) is 11.8 Å². The van der Waals surface area contributed by atoms with Gasteiger partial charge in [0.15, 0.2) is 5.13 Å². The highest BCUT2D eigenvalue weighted by Gasteiger charge is 2.16. The van der Waals surface area contributed by atoms with Crippen LogP contribution in [0.25, 0.3) is 5.69 Å². The molecule has 1 N–H and O–H groups in total. The van der Waals surface area contributed by atoms with E-state index >= 15 is 0 Å². The third-order valence-corrected chi connectivity index (χ3v) is 4.67. The molecular formula is C14H14N6O3S2. The number of nitrogens with one attached hydrogen (secondary N) is 1. The van der Waals surface area contributed by atoms with Crippen LogP contribution in [-0.2, 0) is 4.79 Å². The molecule has 0 saturated heterocycles. The maximum atomic E-state index is 12.0. The molecule has 0 aliphatic rings. The normalized spacial score (nSPS) is 10.5. The van der Waals surface area contributed by atoms with Crippen LogP contribution in [0.1, 0.15) is 0 Å². The molecule has 2 heterocycles.